The van der Waals surface area contributed by atoms with Crippen molar-refractivity contribution in [2.75, 3.05) is 12.4 Å². The van der Waals surface area contributed by atoms with Gasteiger partial charge in [0.25, 0.3) is 5.91 Å². The molecule has 0 bridgehead atoms. The fraction of sp³-hybridized carbons (Fsp3) is 0.190. The van der Waals surface area contributed by atoms with Gasteiger partial charge in [0.2, 0.25) is 5.76 Å². The summed E-state index contributed by atoms with van der Waals surface area (Å²) in [5.74, 6) is -1.30. The first-order valence-corrected chi connectivity index (χ1v) is 9.06. The number of carbonyl (C=O) groups is 2. The van der Waals surface area contributed by atoms with Crippen molar-refractivity contribution in [2.24, 2.45) is 0 Å². The molecule has 1 amide bonds. The Bertz CT molecular complexity index is 1150. The first-order chi connectivity index (χ1) is 13.8. The molecule has 7 nitrogen and oxygen atoms in total. The number of ether oxygens (including phenoxy) is 2. The Kier molecular flexibility index (Phi) is 5.89. The van der Waals surface area contributed by atoms with Gasteiger partial charge in [0.1, 0.15) is 11.3 Å². The number of rotatable bonds is 5. The van der Waals surface area contributed by atoms with Crippen molar-refractivity contribution in [2.45, 2.75) is 20.0 Å². The Balaban J connectivity index is 1.72. The molecule has 29 heavy (non-hydrogen) atoms. The number of esters is 1. The minimum absolute atomic E-state index is 0.264. The number of nitrogens with one attached hydrogen (secondary N) is 1. The Labute approximate surface area is 171 Å². The largest absolute Gasteiger partial charge is 0.495 e. The molecule has 1 aromatic heterocycles. The van der Waals surface area contributed by atoms with Crippen molar-refractivity contribution in [1.82, 2.24) is 0 Å². The monoisotopic (exact) mass is 415 g/mol. The molecule has 3 aromatic rings. The maximum Gasteiger partial charge on any atom is 0.375 e. The molecule has 0 aliphatic rings. The van der Waals surface area contributed by atoms with Gasteiger partial charge >= 0.3 is 5.97 Å². The molecule has 0 aliphatic heterocycles. The third-order valence-corrected chi connectivity index (χ3v) is 4.45. The summed E-state index contributed by atoms with van der Waals surface area (Å²) >= 11 is 6.03. The predicted octanol–water partition coefficient (Wildman–Crippen LogP) is 3.95. The molecule has 0 radical (unpaired) electrons. The highest BCUT2D eigenvalue weighted by Crippen LogP contribution is 2.27. The SMILES string of the molecule is COc1ccc(NC(=O)[C@@H](C)OC(=O)c2cc(=O)c3cc(C)ccc3o2)cc1Cl. The second kappa shape index (κ2) is 8.36. The minimum Gasteiger partial charge on any atom is -0.495 e. The van der Waals surface area contributed by atoms with Gasteiger partial charge in [-0.1, -0.05) is 23.2 Å². The minimum atomic E-state index is -1.14. The van der Waals surface area contributed by atoms with E-state index in [9.17, 15) is 14.4 Å². The lowest BCUT2D eigenvalue weighted by molar-refractivity contribution is -0.123. The molecule has 150 valence electrons. The molecule has 2 aromatic carbocycles. The lowest BCUT2D eigenvalue weighted by atomic mass is 10.1. The summed E-state index contributed by atoms with van der Waals surface area (Å²) in [5, 5.41) is 3.28. The number of hydrogen-bond acceptors (Lipinski definition) is 6. The van der Waals surface area contributed by atoms with Gasteiger partial charge < -0.3 is 19.2 Å². The van der Waals surface area contributed by atoms with Crippen molar-refractivity contribution < 1.29 is 23.5 Å². The molecule has 1 heterocycles. The van der Waals surface area contributed by atoms with E-state index in [1.165, 1.54) is 20.1 Å². The van der Waals surface area contributed by atoms with Gasteiger partial charge in [0.15, 0.2) is 11.5 Å². The van der Waals surface area contributed by atoms with Crippen molar-refractivity contribution >= 4 is 40.1 Å². The highest BCUT2D eigenvalue weighted by molar-refractivity contribution is 6.32. The number of fused-ring (bicyclic) bond motifs is 1. The van der Waals surface area contributed by atoms with Crippen LogP contribution >= 0.6 is 11.6 Å². The van der Waals surface area contributed by atoms with E-state index in [0.29, 0.717) is 21.8 Å². The number of hydrogen-bond donors (Lipinski definition) is 1. The molecule has 3 rings (SSSR count). The van der Waals surface area contributed by atoms with Crippen LogP contribution in [-0.2, 0) is 9.53 Å². The molecule has 0 spiro atoms. The fourth-order valence-corrected chi connectivity index (χ4v) is 2.89. The number of carbonyl (C=O) groups excluding carboxylic acids is 2. The van der Waals surface area contributed by atoms with Crippen LogP contribution in [0.1, 0.15) is 23.0 Å². The molecule has 1 atom stereocenters. The Morgan fingerprint density at radius 3 is 2.59 bits per heavy atom. The summed E-state index contributed by atoms with van der Waals surface area (Å²) in [5.41, 5.74) is 1.20. The third-order valence-electron chi connectivity index (χ3n) is 4.16. The lowest BCUT2D eigenvalue weighted by Crippen LogP contribution is -2.30. The molecule has 0 fully saturated rings. The Morgan fingerprint density at radius 2 is 1.90 bits per heavy atom. The predicted molar refractivity (Wildman–Crippen MR) is 109 cm³/mol. The van der Waals surface area contributed by atoms with Crippen LogP contribution in [0, 0.1) is 6.92 Å². The number of halogens is 1. The second-order valence-electron chi connectivity index (χ2n) is 6.36. The van der Waals surface area contributed by atoms with Gasteiger partial charge in [-0.05, 0) is 44.2 Å². The van der Waals surface area contributed by atoms with Crippen molar-refractivity contribution in [3.63, 3.8) is 0 Å². The van der Waals surface area contributed by atoms with Gasteiger partial charge in [-0.3, -0.25) is 9.59 Å². The smallest absolute Gasteiger partial charge is 0.375 e. The molecular weight excluding hydrogens is 398 g/mol. The quantitative estimate of drug-likeness (QED) is 0.634. The van der Waals surface area contributed by atoms with E-state index in [2.05, 4.69) is 5.32 Å². The van der Waals surface area contributed by atoms with Crippen LogP contribution < -0.4 is 15.5 Å². The molecule has 8 heteroatoms. The zero-order valence-electron chi connectivity index (χ0n) is 15.9. The van der Waals surface area contributed by atoms with Gasteiger partial charge in [0.05, 0.1) is 17.5 Å². The molecule has 0 saturated carbocycles. The Hall–Kier alpha value is -3.32. The van der Waals surface area contributed by atoms with Crippen LogP contribution in [0.5, 0.6) is 5.75 Å². The van der Waals surface area contributed by atoms with Gasteiger partial charge in [-0.15, -0.1) is 0 Å². The van der Waals surface area contributed by atoms with E-state index >= 15 is 0 Å². The molecule has 0 saturated heterocycles. The topological polar surface area (TPSA) is 94.8 Å². The number of methoxy groups -OCH3 is 1. The molecule has 0 aliphatic carbocycles. The van der Waals surface area contributed by atoms with E-state index in [4.69, 9.17) is 25.5 Å². The van der Waals surface area contributed by atoms with E-state index in [1.54, 1.807) is 30.3 Å². The van der Waals surface area contributed by atoms with Gasteiger partial charge in [-0.25, -0.2) is 4.79 Å². The van der Waals surface area contributed by atoms with Crippen LogP contribution in [0.3, 0.4) is 0 Å². The standard InChI is InChI=1S/C21H18ClNO6/c1-11-4-6-17-14(8-11)16(24)10-19(29-17)21(26)28-12(2)20(25)23-13-5-7-18(27-3)15(22)9-13/h4-10,12H,1-3H3,(H,23,25)/t12-/m1/s1. The van der Waals surface area contributed by atoms with Crippen LogP contribution in [0.2, 0.25) is 5.02 Å². The number of amides is 1. The summed E-state index contributed by atoms with van der Waals surface area (Å²) in [6, 6.07) is 10.8. The molecular formula is C21H18ClNO6. The highest BCUT2D eigenvalue weighted by Gasteiger charge is 2.22. The number of anilines is 1. The molecule has 1 N–H and O–H groups in total. The number of aryl methyl sites for hydroxylation is 1. The molecule has 0 unspecified atom stereocenters. The van der Waals surface area contributed by atoms with Crippen molar-refractivity contribution in [3.05, 3.63) is 69.0 Å². The van der Waals surface area contributed by atoms with Crippen molar-refractivity contribution in [1.29, 1.82) is 0 Å². The lowest BCUT2D eigenvalue weighted by Gasteiger charge is -2.14. The fourth-order valence-electron chi connectivity index (χ4n) is 2.63. The summed E-state index contributed by atoms with van der Waals surface area (Å²) in [7, 11) is 1.48. The van der Waals surface area contributed by atoms with Crippen LogP contribution in [0.4, 0.5) is 5.69 Å². The zero-order chi connectivity index (χ0) is 21.1. The zero-order valence-corrected chi connectivity index (χ0v) is 16.7. The highest BCUT2D eigenvalue weighted by atomic mass is 35.5. The van der Waals surface area contributed by atoms with Gasteiger partial charge in [-0.2, -0.15) is 0 Å². The summed E-state index contributed by atoms with van der Waals surface area (Å²) in [6.07, 6.45) is -1.14. The van der Waals surface area contributed by atoms with E-state index in [-0.39, 0.29) is 16.8 Å². The first kappa shape index (κ1) is 20.4. The maximum absolute atomic E-state index is 12.3. The summed E-state index contributed by atoms with van der Waals surface area (Å²) in [6.45, 7) is 3.25. The summed E-state index contributed by atoms with van der Waals surface area (Å²) < 4.78 is 15.6. The van der Waals surface area contributed by atoms with Crippen LogP contribution in [0.15, 0.2) is 51.7 Å². The average Bonchev–Trinajstić information content (AvgIpc) is 2.68. The third kappa shape index (κ3) is 4.57. The average molecular weight is 416 g/mol. The van der Waals surface area contributed by atoms with E-state index in [0.717, 1.165) is 11.6 Å². The second-order valence-corrected chi connectivity index (χ2v) is 6.77. The normalized spacial score (nSPS) is 11.7. The van der Waals surface area contributed by atoms with Crippen LogP contribution in [0.25, 0.3) is 11.0 Å². The van der Waals surface area contributed by atoms with Crippen molar-refractivity contribution in [3.8, 4) is 5.75 Å². The van der Waals surface area contributed by atoms with Gasteiger partial charge in [0, 0.05) is 11.8 Å². The Morgan fingerprint density at radius 1 is 1.14 bits per heavy atom. The van der Waals surface area contributed by atoms with E-state index < -0.39 is 18.0 Å². The maximum atomic E-state index is 12.3. The summed E-state index contributed by atoms with van der Waals surface area (Å²) in [4.78, 5) is 36.9. The van der Waals surface area contributed by atoms with E-state index in [1.807, 2.05) is 6.92 Å². The number of benzene rings is 2. The first-order valence-electron chi connectivity index (χ1n) is 8.68. The van der Waals surface area contributed by atoms with Crippen LogP contribution in [-0.4, -0.2) is 25.1 Å².